The van der Waals surface area contributed by atoms with Crippen LogP contribution in [0.2, 0.25) is 0 Å². The molecule has 3 nitrogen and oxygen atoms in total. The molecule has 0 aromatic carbocycles. The Bertz CT molecular complexity index is 401. The van der Waals surface area contributed by atoms with Gasteiger partial charge >= 0.3 is 5.97 Å². The van der Waals surface area contributed by atoms with Crippen LogP contribution in [0, 0.1) is 0 Å². The first kappa shape index (κ1) is 27.9. The summed E-state index contributed by atoms with van der Waals surface area (Å²) < 4.78 is 0. The number of carbonyl (C=O) groups is 1. The van der Waals surface area contributed by atoms with Gasteiger partial charge in [0.05, 0.1) is 6.10 Å². The van der Waals surface area contributed by atoms with E-state index in [9.17, 15) is 9.90 Å². The standard InChI is InChI=1S/C26H48O3/c1-2-3-4-16-19-22-25(27)23-20-17-14-12-10-8-6-5-7-9-11-13-15-18-21-24-26(28)29/h2-3,16,19,25,27H,4-15,17-18,20-24H2,1H3,(H,28,29). The van der Waals surface area contributed by atoms with Crippen molar-refractivity contribution in [2.45, 2.75) is 135 Å². The number of hydrogen-bond acceptors (Lipinski definition) is 2. The van der Waals surface area contributed by atoms with Crippen LogP contribution in [0.3, 0.4) is 0 Å². The first-order chi connectivity index (χ1) is 14.2. The highest BCUT2D eigenvalue weighted by Crippen LogP contribution is 2.14. The fourth-order valence-electron chi connectivity index (χ4n) is 3.64. The predicted molar refractivity (Wildman–Crippen MR) is 125 cm³/mol. The molecule has 0 aromatic heterocycles. The Morgan fingerprint density at radius 2 is 1.14 bits per heavy atom. The molecule has 3 heteroatoms. The average Bonchev–Trinajstić information content (AvgIpc) is 2.70. The Balaban J connectivity index is 3.16. The van der Waals surface area contributed by atoms with E-state index in [1.54, 1.807) is 0 Å². The van der Waals surface area contributed by atoms with Crippen molar-refractivity contribution in [3.05, 3.63) is 24.3 Å². The van der Waals surface area contributed by atoms with Gasteiger partial charge in [0.2, 0.25) is 0 Å². The summed E-state index contributed by atoms with van der Waals surface area (Å²) in [5.41, 5.74) is 0. The minimum absolute atomic E-state index is 0.165. The third kappa shape index (κ3) is 24.9. The van der Waals surface area contributed by atoms with Gasteiger partial charge in [-0.2, -0.15) is 0 Å². The monoisotopic (exact) mass is 408 g/mol. The van der Waals surface area contributed by atoms with Crippen molar-refractivity contribution in [2.24, 2.45) is 0 Å². The van der Waals surface area contributed by atoms with Gasteiger partial charge in [-0.3, -0.25) is 4.79 Å². The molecular weight excluding hydrogens is 360 g/mol. The molecule has 2 N–H and O–H groups in total. The molecule has 29 heavy (non-hydrogen) atoms. The van der Waals surface area contributed by atoms with E-state index in [0.717, 1.165) is 38.5 Å². The maximum Gasteiger partial charge on any atom is 0.303 e. The summed E-state index contributed by atoms with van der Waals surface area (Å²) in [7, 11) is 0. The second-order valence-corrected chi connectivity index (χ2v) is 8.40. The summed E-state index contributed by atoms with van der Waals surface area (Å²) in [6.07, 6.45) is 30.2. The number of allylic oxidation sites excluding steroid dienone is 3. The highest BCUT2D eigenvalue weighted by molar-refractivity contribution is 5.66. The first-order valence-corrected chi connectivity index (χ1v) is 12.3. The van der Waals surface area contributed by atoms with E-state index in [1.807, 2.05) is 6.92 Å². The molecule has 0 aromatic rings. The Morgan fingerprint density at radius 3 is 1.59 bits per heavy atom. The molecule has 0 amide bonds. The molecule has 0 rings (SSSR count). The van der Waals surface area contributed by atoms with Gasteiger partial charge in [0.25, 0.3) is 0 Å². The minimum Gasteiger partial charge on any atom is -0.481 e. The van der Waals surface area contributed by atoms with Crippen LogP contribution in [-0.4, -0.2) is 22.3 Å². The highest BCUT2D eigenvalue weighted by Gasteiger charge is 2.01. The van der Waals surface area contributed by atoms with Gasteiger partial charge in [-0.1, -0.05) is 114 Å². The SMILES string of the molecule is CC=CCC=CCC(O)CCCCCCCCCCCCCCCCCC(=O)O. The predicted octanol–water partition coefficient (Wildman–Crippen LogP) is 7.98. The molecule has 0 aliphatic rings. The molecular formula is C26H48O3. The zero-order chi connectivity index (χ0) is 21.4. The van der Waals surface area contributed by atoms with Crippen molar-refractivity contribution >= 4 is 5.97 Å². The normalized spacial score (nSPS) is 12.9. The van der Waals surface area contributed by atoms with Crippen molar-refractivity contribution in [3.8, 4) is 0 Å². The van der Waals surface area contributed by atoms with E-state index >= 15 is 0 Å². The Kier molecular flexibility index (Phi) is 22.3. The van der Waals surface area contributed by atoms with Crippen LogP contribution in [-0.2, 0) is 4.79 Å². The molecule has 0 radical (unpaired) electrons. The van der Waals surface area contributed by atoms with Crippen molar-refractivity contribution < 1.29 is 15.0 Å². The van der Waals surface area contributed by atoms with E-state index in [0.29, 0.717) is 6.42 Å². The van der Waals surface area contributed by atoms with Gasteiger partial charge < -0.3 is 10.2 Å². The number of aliphatic hydroxyl groups excluding tert-OH is 1. The lowest BCUT2D eigenvalue weighted by molar-refractivity contribution is -0.137. The van der Waals surface area contributed by atoms with Gasteiger partial charge in [-0.25, -0.2) is 0 Å². The second-order valence-electron chi connectivity index (χ2n) is 8.40. The van der Waals surface area contributed by atoms with Gasteiger partial charge in [-0.15, -0.1) is 0 Å². The molecule has 0 saturated carbocycles. The summed E-state index contributed by atoms with van der Waals surface area (Å²) in [5, 5.41) is 18.5. The van der Waals surface area contributed by atoms with Crippen LogP contribution in [0.15, 0.2) is 24.3 Å². The third-order valence-corrected chi connectivity index (χ3v) is 5.51. The molecule has 0 aliphatic carbocycles. The summed E-state index contributed by atoms with van der Waals surface area (Å²) in [6, 6.07) is 0. The molecule has 0 spiro atoms. The zero-order valence-corrected chi connectivity index (χ0v) is 19.1. The van der Waals surface area contributed by atoms with E-state index in [-0.39, 0.29) is 6.10 Å². The molecule has 0 bridgehead atoms. The lowest BCUT2D eigenvalue weighted by Gasteiger charge is -2.07. The Morgan fingerprint density at radius 1 is 0.690 bits per heavy atom. The van der Waals surface area contributed by atoms with E-state index < -0.39 is 5.97 Å². The zero-order valence-electron chi connectivity index (χ0n) is 19.1. The van der Waals surface area contributed by atoms with Crippen molar-refractivity contribution in [1.82, 2.24) is 0 Å². The van der Waals surface area contributed by atoms with Crippen molar-refractivity contribution in [2.75, 3.05) is 0 Å². The number of aliphatic hydroxyl groups is 1. The van der Waals surface area contributed by atoms with Crippen LogP contribution in [0.1, 0.15) is 129 Å². The van der Waals surface area contributed by atoms with Crippen molar-refractivity contribution in [1.29, 1.82) is 0 Å². The minimum atomic E-state index is -0.664. The number of carboxylic acid groups (broad SMARTS) is 1. The average molecular weight is 409 g/mol. The summed E-state index contributed by atoms with van der Waals surface area (Å²) in [4.78, 5) is 10.4. The lowest BCUT2D eigenvalue weighted by atomic mass is 10.0. The van der Waals surface area contributed by atoms with Crippen LogP contribution >= 0.6 is 0 Å². The van der Waals surface area contributed by atoms with Crippen LogP contribution in [0.5, 0.6) is 0 Å². The molecule has 0 fully saturated rings. The number of hydrogen-bond donors (Lipinski definition) is 2. The molecule has 1 atom stereocenters. The third-order valence-electron chi connectivity index (χ3n) is 5.51. The van der Waals surface area contributed by atoms with Crippen LogP contribution in [0.25, 0.3) is 0 Å². The summed E-state index contributed by atoms with van der Waals surface area (Å²) >= 11 is 0. The molecule has 0 aliphatic heterocycles. The topological polar surface area (TPSA) is 57.5 Å². The molecule has 0 heterocycles. The number of aliphatic carboxylic acids is 1. The van der Waals surface area contributed by atoms with Gasteiger partial charge in [-0.05, 0) is 32.6 Å². The Hall–Kier alpha value is -1.09. The fourth-order valence-corrected chi connectivity index (χ4v) is 3.64. The number of rotatable bonds is 22. The van der Waals surface area contributed by atoms with Crippen LogP contribution < -0.4 is 0 Å². The van der Waals surface area contributed by atoms with Gasteiger partial charge in [0.1, 0.15) is 0 Å². The van der Waals surface area contributed by atoms with Crippen molar-refractivity contribution in [3.63, 3.8) is 0 Å². The lowest BCUT2D eigenvalue weighted by Crippen LogP contribution is -2.04. The first-order valence-electron chi connectivity index (χ1n) is 12.3. The number of carboxylic acids is 1. The van der Waals surface area contributed by atoms with Crippen LogP contribution in [0.4, 0.5) is 0 Å². The molecule has 170 valence electrons. The largest absolute Gasteiger partial charge is 0.481 e. The van der Waals surface area contributed by atoms with E-state index in [4.69, 9.17) is 5.11 Å². The highest BCUT2D eigenvalue weighted by atomic mass is 16.4. The van der Waals surface area contributed by atoms with E-state index in [1.165, 1.54) is 77.0 Å². The molecule has 0 saturated heterocycles. The number of unbranched alkanes of at least 4 members (excludes halogenated alkanes) is 14. The summed E-state index contributed by atoms with van der Waals surface area (Å²) in [5.74, 6) is -0.664. The maximum atomic E-state index is 10.4. The smallest absolute Gasteiger partial charge is 0.303 e. The van der Waals surface area contributed by atoms with E-state index in [2.05, 4.69) is 24.3 Å². The fraction of sp³-hybridized carbons (Fsp3) is 0.808. The van der Waals surface area contributed by atoms with Gasteiger partial charge in [0.15, 0.2) is 0 Å². The second kappa shape index (κ2) is 23.2. The summed E-state index contributed by atoms with van der Waals surface area (Å²) in [6.45, 7) is 2.03. The quantitative estimate of drug-likeness (QED) is 0.141. The maximum absolute atomic E-state index is 10.4. The Labute approximate surface area is 180 Å². The molecule has 1 unspecified atom stereocenters. The van der Waals surface area contributed by atoms with Gasteiger partial charge in [0, 0.05) is 6.42 Å².